The van der Waals surface area contributed by atoms with Crippen LogP contribution in [0.5, 0.6) is 5.75 Å². The molecule has 0 aliphatic carbocycles. The largest absolute Gasteiger partial charge is 0.493 e. The molecule has 0 heterocycles. The van der Waals surface area contributed by atoms with Crippen LogP contribution in [0.15, 0.2) is 53.4 Å². The van der Waals surface area contributed by atoms with Gasteiger partial charge in [-0.25, -0.2) is 4.79 Å². The lowest BCUT2D eigenvalue weighted by molar-refractivity contribution is -0.150. The molecule has 7 nitrogen and oxygen atoms in total. The number of hydrogen-bond acceptors (Lipinski definition) is 6. The van der Waals surface area contributed by atoms with E-state index in [1.54, 1.807) is 62.0 Å². The second-order valence-corrected chi connectivity index (χ2v) is 7.89. The summed E-state index contributed by atoms with van der Waals surface area (Å²) in [5.41, 5.74) is 0.939. The van der Waals surface area contributed by atoms with Gasteiger partial charge < -0.3 is 20.1 Å². The van der Waals surface area contributed by atoms with Gasteiger partial charge in [0, 0.05) is 10.6 Å². The number of ether oxygens (including phenoxy) is 2. The Labute approximate surface area is 186 Å². The molecule has 0 radical (unpaired) electrons. The molecule has 0 aromatic heterocycles. The number of thioether (sulfide) groups is 1. The van der Waals surface area contributed by atoms with Crippen molar-refractivity contribution in [1.29, 1.82) is 0 Å². The highest BCUT2D eigenvalue weighted by molar-refractivity contribution is 7.98. The van der Waals surface area contributed by atoms with Gasteiger partial charge in [-0.2, -0.15) is 0 Å². The Hall–Kier alpha value is -3.00. The van der Waals surface area contributed by atoms with Crippen molar-refractivity contribution in [2.75, 3.05) is 24.8 Å². The average molecular weight is 445 g/mol. The third kappa shape index (κ3) is 7.32. The van der Waals surface area contributed by atoms with E-state index in [1.807, 2.05) is 25.3 Å². The van der Waals surface area contributed by atoms with Crippen LogP contribution >= 0.6 is 11.8 Å². The number of carbonyl (C=O) groups is 3. The van der Waals surface area contributed by atoms with Gasteiger partial charge in [-0.1, -0.05) is 26.0 Å². The number of nitrogens with one attached hydrogen (secondary N) is 2. The minimum absolute atomic E-state index is 0.238. The summed E-state index contributed by atoms with van der Waals surface area (Å²) >= 11 is 1.60. The Morgan fingerprint density at radius 1 is 1.03 bits per heavy atom. The van der Waals surface area contributed by atoms with Gasteiger partial charge in [0.15, 0.2) is 6.61 Å². The lowest BCUT2D eigenvalue weighted by Crippen LogP contribution is -2.46. The summed E-state index contributed by atoms with van der Waals surface area (Å²) in [6.45, 7) is 5.36. The molecular formula is C23H28N2O5S. The fourth-order valence-corrected chi connectivity index (χ4v) is 3.16. The summed E-state index contributed by atoms with van der Waals surface area (Å²) in [4.78, 5) is 38.5. The quantitative estimate of drug-likeness (QED) is 0.428. The van der Waals surface area contributed by atoms with Crippen LogP contribution in [0.2, 0.25) is 0 Å². The van der Waals surface area contributed by atoms with Gasteiger partial charge in [0.05, 0.1) is 12.2 Å². The number of hydrogen-bond donors (Lipinski definition) is 2. The summed E-state index contributed by atoms with van der Waals surface area (Å²) in [6, 6.07) is 13.2. The van der Waals surface area contributed by atoms with E-state index in [0.717, 1.165) is 4.90 Å². The van der Waals surface area contributed by atoms with Crippen molar-refractivity contribution in [1.82, 2.24) is 5.32 Å². The number of esters is 1. The van der Waals surface area contributed by atoms with Crippen LogP contribution in [0, 0.1) is 5.92 Å². The Morgan fingerprint density at radius 3 is 2.32 bits per heavy atom. The van der Waals surface area contributed by atoms with Crippen LogP contribution in [-0.2, 0) is 14.3 Å². The van der Waals surface area contributed by atoms with Gasteiger partial charge in [0.25, 0.3) is 11.8 Å². The highest BCUT2D eigenvalue weighted by atomic mass is 32.2. The van der Waals surface area contributed by atoms with Gasteiger partial charge in [-0.3, -0.25) is 9.59 Å². The number of anilines is 1. The molecule has 2 amide bonds. The number of amides is 2. The number of carbonyl (C=O) groups excluding carboxylic acids is 3. The molecule has 0 unspecified atom stereocenters. The molecule has 166 valence electrons. The molecule has 0 bridgehead atoms. The average Bonchev–Trinajstić information content (AvgIpc) is 2.76. The molecule has 2 rings (SSSR count). The lowest BCUT2D eigenvalue weighted by Gasteiger charge is -2.21. The maximum atomic E-state index is 12.7. The van der Waals surface area contributed by atoms with Crippen molar-refractivity contribution >= 4 is 35.2 Å². The van der Waals surface area contributed by atoms with Crippen molar-refractivity contribution in [2.24, 2.45) is 5.92 Å². The molecule has 2 aromatic rings. The summed E-state index contributed by atoms with van der Waals surface area (Å²) < 4.78 is 10.6. The van der Waals surface area contributed by atoms with Crippen LogP contribution in [0.4, 0.5) is 5.69 Å². The van der Waals surface area contributed by atoms with Gasteiger partial charge in [-0.05, 0) is 55.5 Å². The van der Waals surface area contributed by atoms with Crippen LogP contribution < -0.4 is 15.4 Å². The first kappa shape index (κ1) is 24.3. The monoisotopic (exact) mass is 444 g/mol. The zero-order chi connectivity index (χ0) is 22.8. The van der Waals surface area contributed by atoms with E-state index in [9.17, 15) is 14.4 Å². The van der Waals surface area contributed by atoms with Crippen LogP contribution in [0.3, 0.4) is 0 Å². The molecule has 0 fully saturated rings. The van der Waals surface area contributed by atoms with Crippen molar-refractivity contribution in [3.05, 3.63) is 54.1 Å². The zero-order valence-corrected chi connectivity index (χ0v) is 19.0. The second-order valence-electron chi connectivity index (χ2n) is 7.01. The zero-order valence-electron chi connectivity index (χ0n) is 18.1. The van der Waals surface area contributed by atoms with Gasteiger partial charge in [0.2, 0.25) is 0 Å². The van der Waals surface area contributed by atoms with E-state index in [4.69, 9.17) is 9.47 Å². The minimum Gasteiger partial charge on any atom is -0.493 e. The van der Waals surface area contributed by atoms with Crippen molar-refractivity contribution in [3.8, 4) is 5.75 Å². The molecule has 2 N–H and O–H groups in total. The standard InChI is InChI=1S/C23H28N2O5S/c1-5-29-19-9-7-6-8-18(19)22(27)25-21(15(2)3)23(28)30-14-20(26)24-16-10-12-17(31-4)13-11-16/h6-13,15,21H,5,14H2,1-4H3,(H,24,26)(H,25,27)/t21-/m0/s1. The second kappa shape index (κ2) is 12.0. The first-order valence-corrected chi connectivity index (χ1v) is 11.2. The Bertz CT molecular complexity index is 899. The Kier molecular flexibility index (Phi) is 9.40. The molecule has 31 heavy (non-hydrogen) atoms. The van der Waals surface area contributed by atoms with Gasteiger partial charge >= 0.3 is 5.97 Å². The first-order valence-electron chi connectivity index (χ1n) is 9.99. The molecular weight excluding hydrogens is 416 g/mol. The summed E-state index contributed by atoms with van der Waals surface area (Å²) in [5, 5.41) is 5.37. The van der Waals surface area contributed by atoms with E-state index in [0.29, 0.717) is 23.6 Å². The topological polar surface area (TPSA) is 93.7 Å². The fourth-order valence-electron chi connectivity index (χ4n) is 2.75. The SMILES string of the molecule is CCOc1ccccc1C(=O)N[C@H](C(=O)OCC(=O)Nc1ccc(SC)cc1)C(C)C. The molecule has 1 atom stereocenters. The molecule has 0 aliphatic heterocycles. The molecule has 0 aliphatic rings. The fraction of sp³-hybridized carbons (Fsp3) is 0.348. The van der Waals surface area contributed by atoms with Crippen LogP contribution in [0.25, 0.3) is 0 Å². The Morgan fingerprint density at radius 2 is 1.71 bits per heavy atom. The minimum atomic E-state index is -0.907. The highest BCUT2D eigenvalue weighted by Crippen LogP contribution is 2.19. The first-order chi connectivity index (χ1) is 14.8. The van der Waals surface area contributed by atoms with E-state index in [-0.39, 0.29) is 5.92 Å². The van der Waals surface area contributed by atoms with Crippen LogP contribution in [-0.4, -0.2) is 43.3 Å². The van der Waals surface area contributed by atoms with Crippen molar-refractivity contribution < 1.29 is 23.9 Å². The number of benzene rings is 2. The summed E-state index contributed by atoms with van der Waals surface area (Å²) in [6.07, 6.45) is 1.96. The predicted octanol–water partition coefficient (Wildman–Crippen LogP) is 3.74. The van der Waals surface area contributed by atoms with E-state index in [1.165, 1.54) is 0 Å². The van der Waals surface area contributed by atoms with Gasteiger partial charge in [-0.15, -0.1) is 11.8 Å². The van der Waals surface area contributed by atoms with Crippen molar-refractivity contribution in [3.63, 3.8) is 0 Å². The molecule has 8 heteroatoms. The van der Waals surface area contributed by atoms with Crippen molar-refractivity contribution in [2.45, 2.75) is 31.7 Å². The van der Waals surface area contributed by atoms with Gasteiger partial charge in [0.1, 0.15) is 11.8 Å². The maximum absolute atomic E-state index is 12.7. The third-order valence-electron chi connectivity index (χ3n) is 4.36. The molecule has 2 aromatic carbocycles. The molecule has 0 spiro atoms. The molecule has 0 saturated carbocycles. The predicted molar refractivity (Wildman–Crippen MR) is 122 cm³/mol. The smallest absolute Gasteiger partial charge is 0.329 e. The Balaban J connectivity index is 1.95. The maximum Gasteiger partial charge on any atom is 0.329 e. The molecule has 0 saturated heterocycles. The highest BCUT2D eigenvalue weighted by Gasteiger charge is 2.27. The summed E-state index contributed by atoms with van der Waals surface area (Å²) in [7, 11) is 0. The lowest BCUT2D eigenvalue weighted by atomic mass is 10.0. The van der Waals surface area contributed by atoms with E-state index < -0.39 is 30.4 Å². The third-order valence-corrected chi connectivity index (χ3v) is 5.10. The number of rotatable bonds is 10. The normalized spacial score (nSPS) is 11.5. The van der Waals surface area contributed by atoms with E-state index in [2.05, 4.69) is 10.6 Å². The van der Waals surface area contributed by atoms with E-state index >= 15 is 0 Å². The summed E-state index contributed by atoms with van der Waals surface area (Å²) in [5.74, 6) is -1.38. The van der Waals surface area contributed by atoms with Crippen LogP contribution in [0.1, 0.15) is 31.1 Å². The number of para-hydroxylation sites is 1.